The van der Waals surface area contributed by atoms with Crippen LogP contribution in [0.2, 0.25) is 0 Å². The summed E-state index contributed by atoms with van der Waals surface area (Å²) < 4.78 is 18.7. The lowest BCUT2D eigenvalue weighted by Crippen LogP contribution is -2.10. The van der Waals surface area contributed by atoms with E-state index in [-0.39, 0.29) is 10.8 Å². The molecule has 1 aliphatic carbocycles. The minimum Gasteiger partial charge on any atom is -0.389 e. The van der Waals surface area contributed by atoms with Crippen molar-refractivity contribution in [2.45, 2.75) is 19.4 Å². The molecule has 0 saturated heterocycles. The van der Waals surface area contributed by atoms with Crippen LogP contribution in [0.5, 0.6) is 0 Å². The average molecular weight is 239 g/mol. The van der Waals surface area contributed by atoms with Crippen LogP contribution in [0.25, 0.3) is 0 Å². The molecule has 1 aromatic carbocycles. The molecule has 0 aliphatic heterocycles. The summed E-state index contributed by atoms with van der Waals surface area (Å²) in [5, 5.41) is 0. The van der Waals surface area contributed by atoms with Crippen LogP contribution >= 0.6 is 12.2 Å². The summed E-state index contributed by atoms with van der Waals surface area (Å²) in [7, 11) is 0. The predicted molar refractivity (Wildman–Crippen MR) is 64.7 cm³/mol. The van der Waals surface area contributed by atoms with Crippen molar-refractivity contribution in [1.29, 1.82) is 0 Å². The van der Waals surface area contributed by atoms with E-state index < -0.39 is 0 Å². The van der Waals surface area contributed by atoms with Gasteiger partial charge in [-0.25, -0.2) is 4.39 Å². The zero-order valence-electron chi connectivity index (χ0n) is 8.91. The molecule has 1 saturated carbocycles. The zero-order chi connectivity index (χ0) is 11.5. The molecule has 1 fully saturated rings. The molecule has 16 heavy (non-hydrogen) atoms. The van der Waals surface area contributed by atoms with Gasteiger partial charge in [0.2, 0.25) is 0 Å². The van der Waals surface area contributed by atoms with Gasteiger partial charge < -0.3 is 10.5 Å². The van der Waals surface area contributed by atoms with Crippen molar-refractivity contribution in [3.63, 3.8) is 0 Å². The Hall–Kier alpha value is -1.00. The number of benzene rings is 1. The second-order valence-corrected chi connectivity index (χ2v) is 4.61. The van der Waals surface area contributed by atoms with E-state index >= 15 is 0 Å². The Bertz CT molecular complexity index is 404. The van der Waals surface area contributed by atoms with Crippen molar-refractivity contribution in [2.75, 3.05) is 6.61 Å². The lowest BCUT2D eigenvalue weighted by atomic mass is 10.1. The number of rotatable bonds is 5. The Morgan fingerprint density at radius 3 is 2.81 bits per heavy atom. The van der Waals surface area contributed by atoms with E-state index in [1.54, 1.807) is 6.07 Å². The van der Waals surface area contributed by atoms with Crippen molar-refractivity contribution in [3.8, 4) is 0 Å². The van der Waals surface area contributed by atoms with Crippen LogP contribution < -0.4 is 5.73 Å². The van der Waals surface area contributed by atoms with Crippen LogP contribution in [-0.4, -0.2) is 11.6 Å². The molecule has 2 rings (SSSR count). The van der Waals surface area contributed by atoms with Gasteiger partial charge in [-0.15, -0.1) is 0 Å². The third-order valence-electron chi connectivity index (χ3n) is 2.56. The van der Waals surface area contributed by atoms with Gasteiger partial charge in [-0.1, -0.05) is 12.2 Å². The van der Waals surface area contributed by atoms with E-state index in [4.69, 9.17) is 22.7 Å². The van der Waals surface area contributed by atoms with Crippen LogP contribution in [0.1, 0.15) is 24.0 Å². The molecular formula is C12H14FNOS. The van der Waals surface area contributed by atoms with E-state index in [9.17, 15) is 4.39 Å². The topological polar surface area (TPSA) is 35.2 Å². The highest BCUT2D eigenvalue weighted by atomic mass is 32.1. The summed E-state index contributed by atoms with van der Waals surface area (Å²) in [6.45, 7) is 1.18. The first-order chi connectivity index (χ1) is 7.65. The monoisotopic (exact) mass is 239 g/mol. The molecule has 0 heterocycles. The lowest BCUT2D eigenvalue weighted by Gasteiger charge is -2.06. The Balaban J connectivity index is 1.98. The quantitative estimate of drug-likeness (QED) is 0.801. The molecule has 1 aromatic rings. The number of hydrogen-bond donors (Lipinski definition) is 1. The molecular weight excluding hydrogens is 225 g/mol. The highest BCUT2D eigenvalue weighted by Crippen LogP contribution is 2.29. The van der Waals surface area contributed by atoms with E-state index in [0.29, 0.717) is 18.1 Å². The maximum Gasteiger partial charge on any atom is 0.124 e. The van der Waals surface area contributed by atoms with Gasteiger partial charge in [0.05, 0.1) is 6.61 Å². The van der Waals surface area contributed by atoms with E-state index in [2.05, 4.69) is 0 Å². The molecule has 0 spiro atoms. The number of thiocarbonyl (C=S) groups is 1. The second kappa shape index (κ2) is 4.89. The van der Waals surface area contributed by atoms with Crippen LogP contribution in [-0.2, 0) is 11.3 Å². The van der Waals surface area contributed by atoms with Gasteiger partial charge in [-0.3, -0.25) is 0 Å². The first-order valence-electron chi connectivity index (χ1n) is 5.32. The maximum absolute atomic E-state index is 13.2. The normalized spacial score (nSPS) is 15.1. The predicted octanol–water partition coefficient (Wildman–Crippen LogP) is 2.39. The molecule has 0 unspecified atom stereocenters. The van der Waals surface area contributed by atoms with Crippen LogP contribution in [0, 0.1) is 11.7 Å². The SMILES string of the molecule is NC(=S)c1cc(F)cc(COCC2CC2)c1. The molecule has 0 amide bonds. The third-order valence-corrected chi connectivity index (χ3v) is 2.80. The number of nitrogens with two attached hydrogens (primary N) is 1. The summed E-state index contributed by atoms with van der Waals surface area (Å²) in [5.74, 6) is 0.388. The van der Waals surface area contributed by atoms with Crippen LogP contribution in [0.3, 0.4) is 0 Å². The van der Waals surface area contributed by atoms with Crippen LogP contribution in [0.4, 0.5) is 4.39 Å². The fourth-order valence-electron chi connectivity index (χ4n) is 1.50. The molecule has 1 aliphatic rings. The molecule has 0 atom stereocenters. The highest BCUT2D eigenvalue weighted by Gasteiger charge is 2.21. The van der Waals surface area contributed by atoms with E-state index in [0.717, 1.165) is 12.2 Å². The summed E-state index contributed by atoms with van der Waals surface area (Å²) in [4.78, 5) is 0.211. The van der Waals surface area contributed by atoms with Crippen molar-refractivity contribution >= 4 is 17.2 Å². The molecule has 0 bridgehead atoms. The first kappa shape index (κ1) is 11.5. The fourth-order valence-corrected chi connectivity index (χ4v) is 1.62. The van der Waals surface area contributed by atoms with Gasteiger partial charge in [0.1, 0.15) is 10.8 Å². The van der Waals surface area contributed by atoms with Crippen LogP contribution in [0.15, 0.2) is 18.2 Å². The lowest BCUT2D eigenvalue weighted by molar-refractivity contribution is 0.111. The smallest absolute Gasteiger partial charge is 0.124 e. The Labute approximate surface area is 99.6 Å². The maximum atomic E-state index is 13.2. The highest BCUT2D eigenvalue weighted by molar-refractivity contribution is 7.80. The summed E-state index contributed by atoms with van der Waals surface area (Å²) >= 11 is 4.82. The average Bonchev–Trinajstić information content (AvgIpc) is 3.01. The fraction of sp³-hybridized carbons (Fsp3) is 0.417. The summed E-state index contributed by atoms with van der Waals surface area (Å²) in [6.07, 6.45) is 2.50. The second-order valence-electron chi connectivity index (χ2n) is 4.17. The standard InChI is InChI=1S/C12H14FNOS/c13-11-4-9(3-10(5-11)12(14)16)7-15-6-8-1-2-8/h3-5,8H,1-2,6-7H2,(H2,14,16). The Morgan fingerprint density at radius 1 is 1.44 bits per heavy atom. The molecule has 2 N–H and O–H groups in total. The van der Waals surface area contributed by atoms with Gasteiger partial charge in [0, 0.05) is 12.2 Å². The van der Waals surface area contributed by atoms with Crippen molar-refractivity contribution in [2.24, 2.45) is 11.7 Å². The number of hydrogen-bond acceptors (Lipinski definition) is 2. The summed E-state index contributed by atoms with van der Waals surface area (Å²) in [6, 6.07) is 4.57. The van der Waals surface area contributed by atoms with Gasteiger partial charge in [0.25, 0.3) is 0 Å². The summed E-state index contributed by atoms with van der Waals surface area (Å²) in [5.41, 5.74) is 6.80. The van der Waals surface area contributed by atoms with Gasteiger partial charge >= 0.3 is 0 Å². The Morgan fingerprint density at radius 2 is 2.19 bits per heavy atom. The third kappa shape index (κ3) is 3.25. The molecule has 0 radical (unpaired) electrons. The minimum absolute atomic E-state index is 0.211. The molecule has 4 heteroatoms. The van der Waals surface area contributed by atoms with Gasteiger partial charge in [-0.2, -0.15) is 0 Å². The largest absolute Gasteiger partial charge is 0.389 e. The van der Waals surface area contributed by atoms with E-state index in [1.165, 1.54) is 25.0 Å². The first-order valence-corrected chi connectivity index (χ1v) is 5.73. The number of ether oxygens (including phenoxy) is 1. The molecule has 0 aromatic heterocycles. The Kier molecular flexibility index (Phi) is 3.51. The van der Waals surface area contributed by atoms with Crippen molar-refractivity contribution in [1.82, 2.24) is 0 Å². The van der Waals surface area contributed by atoms with Crippen molar-refractivity contribution < 1.29 is 9.13 Å². The molecule has 86 valence electrons. The minimum atomic E-state index is -0.324. The van der Waals surface area contributed by atoms with Gasteiger partial charge in [-0.05, 0) is 42.5 Å². The number of halogens is 1. The van der Waals surface area contributed by atoms with Gasteiger partial charge in [0.15, 0.2) is 0 Å². The van der Waals surface area contributed by atoms with Crippen molar-refractivity contribution in [3.05, 3.63) is 35.1 Å². The van der Waals surface area contributed by atoms with E-state index in [1.807, 2.05) is 0 Å². The molecule has 2 nitrogen and oxygen atoms in total. The zero-order valence-corrected chi connectivity index (χ0v) is 9.73.